The molecule has 0 bridgehead atoms. The average Bonchev–Trinajstić information content (AvgIpc) is 2.74. The standard InChI is InChI=1S/C21H24Cl2F3N3O4S/c1-13-9-28(11-19(31)27-18(12-30)14-5-3-2-4-6-14)34(32,33)29(10-13)20-16(22)7-15(8-17(20)23)21(24,25)26/h2-8,13,18,30,32-33H,9-12H2,1H3,(H,27,31)/t13-,18+/m0/s1. The van der Waals surface area contributed by atoms with Gasteiger partial charge in [-0.25, -0.2) is 0 Å². The van der Waals surface area contributed by atoms with Crippen molar-refractivity contribution in [2.24, 2.45) is 5.92 Å². The van der Waals surface area contributed by atoms with E-state index in [0.29, 0.717) is 17.7 Å². The van der Waals surface area contributed by atoms with Crippen molar-refractivity contribution in [1.82, 2.24) is 9.62 Å². The average molecular weight is 542 g/mol. The number of nitrogens with one attached hydrogen (secondary N) is 1. The van der Waals surface area contributed by atoms with Gasteiger partial charge in [0.1, 0.15) is 0 Å². The van der Waals surface area contributed by atoms with Gasteiger partial charge in [0, 0.05) is 13.1 Å². The summed E-state index contributed by atoms with van der Waals surface area (Å²) in [6.07, 6.45) is -4.69. The lowest BCUT2D eigenvalue weighted by molar-refractivity contribution is -0.137. The maximum absolute atomic E-state index is 13.1. The summed E-state index contributed by atoms with van der Waals surface area (Å²) in [6.45, 7) is 1.12. The van der Waals surface area contributed by atoms with E-state index in [1.807, 2.05) is 0 Å². The lowest BCUT2D eigenvalue weighted by Gasteiger charge is -2.55. The Morgan fingerprint density at radius 2 is 1.76 bits per heavy atom. The summed E-state index contributed by atoms with van der Waals surface area (Å²) in [7, 11) is -3.85. The maximum Gasteiger partial charge on any atom is 0.416 e. The molecule has 1 aliphatic rings. The molecule has 1 heterocycles. The van der Waals surface area contributed by atoms with Gasteiger partial charge in [-0.2, -0.15) is 17.5 Å². The first-order valence-corrected chi connectivity index (χ1v) is 12.4. The maximum atomic E-state index is 13.1. The number of aliphatic hydroxyl groups is 1. The Balaban J connectivity index is 1.84. The fourth-order valence-electron chi connectivity index (χ4n) is 3.68. The normalized spacial score (nSPS) is 20.6. The first kappa shape index (κ1) is 26.9. The monoisotopic (exact) mass is 541 g/mol. The minimum atomic E-state index is -4.69. The fourth-order valence-corrected chi connectivity index (χ4v) is 6.39. The molecule has 188 valence electrons. The molecule has 7 nitrogen and oxygen atoms in total. The minimum Gasteiger partial charge on any atom is -0.394 e. The Labute approximate surface area is 206 Å². The SMILES string of the molecule is C[C@H]1CN(CC(=O)N[C@H](CO)c2ccccc2)S(O)(O)N(c2c(Cl)cc(C(F)(F)F)cc2Cl)C1. The summed E-state index contributed by atoms with van der Waals surface area (Å²) in [5.74, 6) is -0.800. The molecule has 0 saturated carbocycles. The number of rotatable bonds is 6. The fraction of sp³-hybridized carbons (Fsp3) is 0.381. The van der Waals surface area contributed by atoms with Gasteiger partial charge in [0.25, 0.3) is 0 Å². The molecule has 3 rings (SSSR count). The number of carbonyl (C=O) groups is 1. The molecule has 1 fully saturated rings. The number of hydrogen-bond acceptors (Lipinski definition) is 6. The molecular formula is C21H24Cl2F3N3O4S. The van der Waals surface area contributed by atoms with Crippen molar-refractivity contribution in [2.75, 3.05) is 30.5 Å². The Bertz CT molecular complexity index is 1010. The first-order valence-electron chi connectivity index (χ1n) is 10.2. The van der Waals surface area contributed by atoms with Crippen LogP contribution in [0.5, 0.6) is 0 Å². The summed E-state index contributed by atoms with van der Waals surface area (Å²) in [6, 6.07) is 9.39. The van der Waals surface area contributed by atoms with E-state index >= 15 is 0 Å². The van der Waals surface area contributed by atoms with E-state index in [0.717, 1.165) is 8.61 Å². The van der Waals surface area contributed by atoms with Crippen molar-refractivity contribution in [3.63, 3.8) is 0 Å². The molecule has 4 N–H and O–H groups in total. The highest BCUT2D eigenvalue weighted by molar-refractivity contribution is 8.23. The topological polar surface area (TPSA) is 96.3 Å². The number of aliphatic hydroxyl groups excluding tert-OH is 1. The Kier molecular flexibility index (Phi) is 8.29. The Morgan fingerprint density at radius 1 is 1.18 bits per heavy atom. The van der Waals surface area contributed by atoms with E-state index in [1.54, 1.807) is 37.3 Å². The van der Waals surface area contributed by atoms with E-state index in [2.05, 4.69) is 5.32 Å². The molecule has 0 spiro atoms. The van der Waals surface area contributed by atoms with Crippen molar-refractivity contribution >= 4 is 45.8 Å². The molecule has 1 saturated heterocycles. The van der Waals surface area contributed by atoms with Gasteiger partial charge in [0.05, 0.1) is 40.5 Å². The van der Waals surface area contributed by atoms with Crippen LogP contribution in [0.2, 0.25) is 10.0 Å². The van der Waals surface area contributed by atoms with Gasteiger partial charge >= 0.3 is 6.18 Å². The molecule has 2 atom stereocenters. The smallest absolute Gasteiger partial charge is 0.394 e. The molecule has 13 heteroatoms. The Hall–Kier alpha value is -1.73. The van der Waals surface area contributed by atoms with Gasteiger partial charge in [0.15, 0.2) is 0 Å². The van der Waals surface area contributed by atoms with Crippen LogP contribution in [0.3, 0.4) is 0 Å². The zero-order chi connectivity index (χ0) is 25.3. The van der Waals surface area contributed by atoms with E-state index in [-0.39, 0.29) is 31.3 Å². The second-order valence-corrected chi connectivity index (χ2v) is 10.7. The van der Waals surface area contributed by atoms with Crippen LogP contribution >= 0.6 is 34.2 Å². The number of anilines is 1. The molecule has 0 aromatic heterocycles. The third-order valence-electron chi connectivity index (χ3n) is 5.27. The van der Waals surface area contributed by atoms with Gasteiger partial charge in [-0.15, -0.1) is 0 Å². The largest absolute Gasteiger partial charge is 0.416 e. The summed E-state index contributed by atoms with van der Waals surface area (Å²) < 4.78 is 63.5. The van der Waals surface area contributed by atoms with Crippen LogP contribution in [0.4, 0.5) is 18.9 Å². The van der Waals surface area contributed by atoms with Gasteiger partial charge < -0.3 is 10.4 Å². The van der Waals surface area contributed by atoms with E-state index < -0.39 is 51.2 Å². The molecule has 0 aliphatic carbocycles. The van der Waals surface area contributed by atoms with E-state index in [9.17, 15) is 32.2 Å². The highest BCUT2D eigenvalue weighted by Crippen LogP contribution is 2.56. The van der Waals surface area contributed by atoms with Crippen LogP contribution in [-0.2, 0) is 11.0 Å². The van der Waals surface area contributed by atoms with Crippen LogP contribution in [0.15, 0.2) is 42.5 Å². The van der Waals surface area contributed by atoms with Gasteiger partial charge in [-0.3, -0.25) is 18.2 Å². The van der Waals surface area contributed by atoms with Crippen molar-refractivity contribution in [3.05, 3.63) is 63.6 Å². The summed E-state index contributed by atoms with van der Waals surface area (Å²) in [5.41, 5.74) is -0.562. The number of hydrogen-bond donors (Lipinski definition) is 4. The lowest BCUT2D eigenvalue weighted by atomic mass is 10.1. The van der Waals surface area contributed by atoms with Crippen LogP contribution in [0.25, 0.3) is 0 Å². The summed E-state index contributed by atoms with van der Waals surface area (Å²) in [4.78, 5) is 12.7. The molecular weight excluding hydrogens is 518 g/mol. The number of halogens is 5. The number of carbonyl (C=O) groups excluding carboxylic acids is 1. The van der Waals surface area contributed by atoms with Crippen molar-refractivity contribution < 1.29 is 32.2 Å². The van der Waals surface area contributed by atoms with E-state index in [4.69, 9.17) is 23.2 Å². The number of alkyl halides is 3. The third-order valence-corrected chi connectivity index (χ3v) is 7.74. The molecule has 0 unspecified atom stereocenters. The second-order valence-electron chi connectivity index (χ2n) is 7.98. The predicted molar refractivity (Wildman–Crippen MR) is 127 cm³/mol. The van der Waals surface area contributed by atoms with Crippen LogP contribution in [0, 0.1) is 5.92 Å². The van der Waals surface area contributed by atoms with Crippen LogP contribution < -0.4 is 9.62 Å². The lowest BCUT2D eigenvalue weighted by Crippen LogP contribution is -2.52. The predicted octanol–water partition coefficient (Wildman–Crippen LogP) is 5.20. The minimum absolute atomic E-state index is 0.0362. The Morgan fingerprint density at radius 3 is 2.29 bits per heavy atom. The number of benzene rings is 2. The zero-order valence-electron chi connectivity index (χ0n) is 18.0. The molecule has 34 heavy (non-hydrogen) atoms. The zero-order valence-corrected chi connectivity index (χ0v) is 20.3. The van der Waals surface area contributed by atoms with Crippen molar-refractivity contribution in [2.45, 2.75) is 19.1 Å². The summed E-state index contributed by atoms with van der Waals surface area (Å²) in [5, 5.41) is 11.5. The van der Waals surface area contributed by atoms with Gasteiger partial charge in [-0.05, 0) is 34.6 Å². The number of nitrogens with zero attached hydrogens (tertiary/aromatic N) is 2. The quantitative estimate of drug-likeness (QED) is 0.401. The molecule has 0 radical (unpaired) electrons. The van der Waals surface area contributed by atoms with E-state index in [1.165, 1.54) is 0 Å². The third kappa shape index (κ3) is 5.91. The summed E-state index contributed by atoms with van der Waals surface area (Å²) >= 11 is 12.2. The number of amides is 1. The van der Waals surface area contributed by atoms with Gasteiger partial charge in [0.2, 0.25) is 5.91 Å². The van der Waals surface area contributed by atoms with Crippen LogP contribution in [0.1, 0.15) is 24.1 Å². The van der Waals surface area contributed by atoms with Gasteiger partial charge in [-0.1, -0.05) is 60.5 Å². The first-order chi connectivity index (χ1) is 15.8. The molecule has 2 aromatic rings. The molecule has 1 aliphatic heterocycles. The van der Waals surface area contributed by atoms with Crippen LogP contribution in [-0.4, -0.2) is 50.7 Å². The molecule has 1 amide bonds. The van der Waals surface area contributed by atoms with Crippen molar-refractivity contribution in [3.8, 4) is 0 Å². The van der Waals surface area contributed by atoms with Crippen molar-refractivity contribution in [1.29, 1.82) is 0 Å². The molecule has 2 aromatic carbocycles. The second kappa shape index (κ2) is 10.5. The highest BCUT2D eigenvalue weighted by Gasteiger charge is 2.41. The highest BCUT2D eigenvalue weighted by atomic mass is 35.5.